The summed E-state index contributed by atoms with van der Waals surface area (Å²) in [7, 11) is 0. The smallest absolute Gasteiger partial charge is 0.228 e. The van der Waals surface area contributed by atoms with Crippen molar-refractivity contribution < 1.29 is 4.79 Å². The van der Waals surface area contributed by atoms with Crippen LogP contribution in [0.4, 0.5) is 11.5 Å². The van der Waals surface area contributed by atoms with Crippen molar-refractivity contribution in [1.29, 1.82) is 0 Å². The zero-order valence-corrected chi connectivity index (χ0v) is 17.5. The number of carbonyl (C=O) groups is 1. The Morgan fingerprint density at radius 3 is 2.93 bits per heavy atom. The molecule has 0 saturated carbocycles. The monoisotopic (exact) mass is 467 g/mol. The van der Waals surface area contributed by atoms with E-state index < -0.39 is 0 Å². The van der Waals surface area contributed by atoms with E-state index in [2.05, 4.69) is 31.7 Å². The molecule has 2 aromatic heterocycles. The van der Waals surface area contributed by atoms with Crippen molar-refractivity contribution in [1.82, 2.24) is 14.6 Å². The van der Waals surface area contributed by atoms with Crippen LogP contribution in [0.1, 0.15) is 11.1 Å². The Morgan fingerprint density at radius 1 is 1.21 bits per heavy atom. The van der Waals surface area contributed by atoms with E-state index in [0.717, 1.165) is 38.4 Å². The van der Waals surface area contributed by atoms with E-state index >= 15 is 0 Å². The summed E-state index contributed by atoms with van der Waals surface area (Å²) in [5.74, 6) is 0.831. The first-order valence-electron chi connectivity index (χ1n) is 9.03. The van der Waals surface area contributed by atoms with Gasteiger partial charge in [0.1, 0.15) is 5.82 Å². The Balaban J connectivity index is 1.51. The molecule has 2 N–H and O–H groups in total. The van der Waals surface area contributed by atoms with Gasteiger partial charge in [-0.3, -0.25) is 4.79 Å². The fourth-order valence-electron chi connectivity index (χ4n) is 3.45. The highest BCUT2D eigenvalue weighted by molar-refractivity contribution is 9.10. The summed E-state index contributed by atoms with van der Waals surface area (Å²) in [5.41, 5.74) is 5.31. The summed E-state index contributed by atoms with van der Waals surface area (Å²) in [4.78, 5) is 16.3. The Bertz CT molecular complexity index is 1270. The summed E-state index contributed by atoms with van der Waals surface area (Å²) in [5, 5.41) is 11.4. The van der Waals surface area contributed by atoms with Crippen molar-refractivity contribution in [3.8, 4) is 11.3 Å². The van der Waals surface area contributed by atoms with Gasteiger partial charge in [-0.1, -0.05) is 41.9 Å². The first kappa shape index (κ1) is 18.1. The Hall–Kier alpha value is -2.90. The maximum absolute atomic E-state index is 11.6. The van der Waals surface area contributed by atoms with E-state index in [0.29, 0.717) is 23.6 Å². The SMILES string of the molecule is O=C1Cc2cc(CNc3cc(-c4ccccc4Cl)nc4c(Br)cnn34)ccc2N1. The number of fused-ring (bicyclic) bond motifs is 2. The average molecular weight is 469 g/mol. The molecule has 2 aromatic carbocycles. The van der Waals surface area contributed by atoms with E-state index in [-0.39, 0.29) is 5.91 Å². The van der Waals surface area contributed by atoms with Crippen molar-refractivity contribution in [3.05, 3.63) is 75.4 Å². The molecule has 1 aliphatic rings. The highest BCUT2D eigenvalue weighted by Gasteiger charge is 2.18. The largest absolute Gasteiger partial charge is 0.366 e. The van der Waals surface area contributed by atoms with Crippen LogP contribution in [-0.4, -0.2) is 20.5 Å². The van der Waals surface area contributed by atoms with Gasteiger partial charge >= 0.3 is 0 Å². The number of benzene rings is 2. The number of hydrogen-bond donors (Lipinski definition) is 2. The summed E-state index contributed by atoms with van der Waals surface area (Å²) >= 11 is 9.90. The molecule has 3 heterocycles. The van der Waals surface area contributed by atoms with Crippen LogP contribution in [0, 0.1) is 0 Å². The van der Waals surface area contributed by atoms with E-state index in [1.54, 1.807) is 10.7 Å². The number of amides is 1. The van der Waals surface area contributed by atoms with Gasteiger partial charge in [0.05, 0.1) is 22.8 Å². The predicted molar refractivity (Wildman–Crippen MR) is 117 cm³/mol. The van der Waals surface area contributed by atoms with Crippen molar-refractivity contribution >= 4 is 50.6 Å². The van der Waals surface area contributed by atoms with Gasteiger partial charge in [-0.15, -0.1) is 0 Å². The molecule has 5 rings (SSSR count). The molecule has 144 valence electrons. The third-order valence-corrected chi connectivity index (χ3v) is 5.74. The van der Waals surface area contributed by atoms with Gasteiger partial charge < -0.3 is 10.6 Å². The summed E-state index contributed by atoms with van der Waals surface area (Å²) in [6, 6.07) is 15.6. The minimum Gasteiger partial charge on any atom is -0.366 e. The van der Waals surface area contributed by atoms with Gasteiger partial charge in [-0.05, 0) is 39.2 Å². The number of hydrogen-bond acceptors (Lipinski definition) is 4. The van der Waals surface area contributed by atoms with Crippen molar-refractivity contribution in [2.75, 3.05) is 10.6 Å². The number of nitrogens with one attached hydrogen (secondary N) is 2. The van der Waals surface area contributed by atoms with E-state index in [9.17, 15) is 4.79 Å². The van der Waals surface area contributed by atoms with Crippen molar-refractivity contribution in [2.45, 2.75) is 13.0 Å². The lowest BCUT2D eigenvalue weighted by molar-refractivity contribution is -0.115. The molecule has 0 spiro atoms. The minimum atomic E-state index is 0.0340. The molecule has 0 aliphatic carbocycles. The molecular weight excluding hydrogens is 454 g/mol. The molecule has 1 amide bonds. The first-order valence-corrected chi connectivity index (χ1v) is 10.2. The summed E-state index contributed by atoms with van der Waals surface area (Å²) in [6.45, 7) is 0.583. The number of carbonyl (C=O) groups excluding carboxylic acids is 1. The van der Waals surface area contributed by atoms with Crippen LogP contribution in [0.5, 0.6) is 0 Å². The van der Waals surface area contributed by atoms with Crippen molar-refractivity contribution in [2.24, 2.45) is 0 Å². The number of halogens is 2. The van der Waals surface area contributed by atoms with Crippen LogP contribution in [0.25, 0.3) is 16.9 Å². The molecule has 0 bridgehead atoms. The van der Waals surface area contributed by atoms with Crippen LogP contribution in [-0.2, 0) is 17.8 Å². The summed E-state index contributed by atoms with van der Waals surface area (Å²) < 4.78 is 2.56. The highest BCUT2D eigenvalue weighted by atomic mass is 79.9. The molecule has 6 nitrogen and oxygen atoms in total. The Morgan fingerprint density at radius 2 is 2.07 bits per heavy atom. The fraction of sp³-hybridized carbons (Fsp3) is 0.0952. The Labute approximate surface area is 180 Å². The molecule has 0 saturated heterocycles. The molecule has 0 unspecified atom stereocenters. The lowest BCUT2D eigenvalue weighted by Crippen LogP contribution is -2.07. The zero-order chi connectivity index (χ0) is 20.0. The second-order valence-corrected chi connectivity index (χ2v) is 8.07. The van der Waals surface area contributed by atoms with Crippen LogP contribution in [0.2, 0.25) is 5.02 Å². The predicted octanol–water partition coefficient (Wildman–Crippen LogP) is 4.92. The minimum absolute atomic E-state index is 0.0340. The average Bonchev–Trinajstić information content (AvgIpc) is 3.28. The quantitative estimate of drug-likeness (QED) is 0.446. The molecule has 1 aliphatic heterocycles. The number of aromatic nitrogens is 3. The topological polar surface area (TPSA) is 71.3 Å². The zero-order valence-electron chi connectivity index (χ0n) is 15.1. The molecule has 4 aromatic rings. The van der Waals surface area contributed by atoms with Gasteiger partial charge in [0.25, 0.3) is 0 Å². The van der Waals surface area contributed by atoms with Gasteiger partial charge in [0.15, 0.2) is 5.65 Å². The normalized spacial score (nSPS) is 12.8. The fourth-order valence-corrected chi connectivity index (χ4v) is 4.03. The first-order chi connectivity index (χ1) is 14.1. The van der Waals surface area contributed by atoms with Crippen LogP contribution in [0.15, 0.2) is 59.2 Å². The van der Waals surface area contributed by atoms with Gasteiger partial charge in [0.2, 0.25) is 5.91 Å². The number of nitrogens with zero attached hydrogens (tertiary/aromatic N) is 3. The maximum Gasteiger partial charge on any atom is 0.228 e. The highest BCUT2D eigenvalue weighted by Crippen LogP contribution is 2.30. The van der Waals surface area contributed by atoms with E-state index in [1.807, 2.05) is 48.5 Å². The second kappa shape index (κ2) is 7.17. The maximum atomic E-state index is 11.6. The number of rotatable bonds is 4. The number of anilines is 2. The van der Waals surface area contributed by atoms with Crippen molar-refractivity contribution in [3.63, 3.8) is 0 Å². The lowest BCUT2D eigenvalue weighted by atomic mass is 10.1. The second-order valence-electron chi connectivity index (χ2n) is 6.80. The van der Waals surface area contributed by atoms with Gasteiger partial charge in [-0.25, -0.2) is 4.98 Å². The van der Waals surface area contributed by atoms with E-state index in [1.165, 1.54) is 0 Å². The molecule has 0 radical (unpaired) electrons. The summed E-state index contributed by atoms with van der Waals surface area (Å²) in [6.07, 6.45) is 2.14. The Kier molecular flexibility index (Phi) is 4.49. The standard InChI is InChI=1S/C21H15BrClN5O/c22-15-11-25-28-19(9-18(27-21(15)28)14-3-1-2-4-16(14)23)24-10-12-5-6-17-13(7-12)8-20(29)26-17/h1-7,9,11,24H,8,10H2,(H,26,29). The third kappa shape index (κ3) is 3.36. The molecular formula is C21H15BrClN5O. The van der Waals surface area contributed by atoms with Crippen LogP contribution < -0.4 is 10.6 Å². The third-order valence-electron chi connectivity index (χ3n) is 4.85. The van der Waals surface area contributed by atoms with Crippen LogP contribution in [0.3, 0.4) is 0 Å². The lowest BCUT2D eigenvalue weighted by Gasteiger charge is -2.12. The van der Waals surface area contributed by atoms with E-state index in [4.69, 9.17) is 16.6 Å². The molecule has 0 atom stereocenters. The van der Waals surface area contributed by atoms with Gasteiger partial charge in [-0.2, -0.15) is 9.61 Å². The molecule has 29 heavy (non-hydrogen) atoms. The van der Waals surface area contributed by atoms with Crippen LogP contribution >= 0.6 is 27.5 Å². The van der Waals surface area contributed by atoms with Gasteiger partial charge in [0, 0.05) is 28.9 Å². The molecule has 0 fully saturated rings. The molecule has 8 heteroatoms.